The second kappa shape index (κ2) is 7.84. The molecule has 2 aromatic heterocycles. The van der Waals surface area contributed by atoms with E-state index in [-0.39, 0.29) is 25.6 Å². The summed E-state index contributed by atoms with van der Waals surface area (Å²) >= 11 is 0. The summed E-state index contributed by atoms with van der Waals surface area (Å²) in [6.45, 7) is 0.247. The molecule has 1 N–H and O–H groups in total. The van der Waals surface area contributed by atoms with E-state index in [9.17, 15) is 9.59 Å². The number of nitrogens with zero attached hydrogens (tertiary/aromatic N) is 2. The topological polar surface area (TPSA) is 86.4 Å². The van der Waals surface area contributed by atoms with Gasteiger partial charge in [-0.05, 0) is 24.3 Å². The molecule has 0 unspecified atom stereocenters. The average Bonchev–Trinajstić information content (AvgIpc) is 2.94. The molecule has 0 fully saturated rings. The third-order valence-corrected chi connectivity index (χ3v) is 3.32. The van der Waals surface area contributed by atoms with Crippen LogP contribution in [-0.2, 0) is 11.3 Å². The van der Waals surface area contributed by atoms with Crippen LogP contribution in [0.4, 0.5) is 0 Å². The fraction of sp³-hybridized carbons (Fsp3) is 0.167. The molecule has 0 spiro atoms. The van der Waals surface area contributed by atoms with Crippen molar-refractivity contribution < 1.29 is 13.9 Å². The molecule has 3 rings (SSSR count). The van der Waals surface area contributed by atoms with E-state index in [0.29, 0.717) is 16.8 Å². The number of rotatable bonds is 5. The number of nitrogens with one attached hydrogen (secondary N) is 1. The number of carbonyl (C=O) groups excluding carboxylic acids is 1. The van der Waals surface area contributed by atoms with Gasteiger partial charge in [0.05, 0.1) is 18.3 Å². The van der Waals surface area contributed by atoms with Gasteiger partial charge in [-0.2, -0.15) is 0 Å². The molecular formula is C18H15N3O4. The van der Waals surface area contributed by atoms with Gasteiger partial charge in [0.1, 0.15) is 18.9 Å². The zero-order chi connectivity index (χ0) is 17.5. The molecule has 0 saturated heterocycles. The van der Waals surface area contributed by atoms with Crippen LogP contribution < -0.4 is 15.8 Å². The molecule has 7 heteroatoms. The number of hydrogen-bond donors (Lipinski definition) is 1. The summed E-state index contributed by atoms with van der Waals surface area (Å²) in [7, 11) is 0. The molecule has 0 aliphatic rings. The molecule has 0 aliphatic carbocycles. The Hall–Kier alpha value is -3.53. The molecule has 0 saturated carbocycles. The molecule has 25 heavy (non-hydrogen) atoms. The number of aromatic nitrogens is 2. The van der Waals surface area contributed by atoms with Gasteiger partial charge in [-0.1, -0.05) is 24.0 Å². The number of fused-ring (bicyclic) bond motifs is 1. The van der Waals surface area contributed by atoms with Crippen LogP contribution in [0.5, 0.6) is 5.75 Å². The van der Waals surface area contributed by atoms with Gasteiger partial charge in [0.2, 0.25) is 5.91 Å². The van der Waals surface area contributed by atoms with Crippen molar-refractivity contribution in [3.63, 3.8) is 0 Å². The fourth-order valence-electron chi connectivity index (χ4n) is 2.17. The van der Waals surface area contributed by atoms with Gasteiger partial charge in [0.15, 0.2) is 5.58 Å². The van der Waals surface area contributed by atoms with Crippen molar-refractivity contribution in [1.82, 2.24) is 14.9 Å². The van der Waals surface area contributed by atoms with Gasteiger partial charge in [0.25, 0.3) is 0 Å². The Balaban J connectivity index is 1.48. The summed E-state index contributed by atoms with van der Waals surface area (Å²) in [6.07, 6.45) is 3.25. The second-order valence-corrected chi connectivity index (χ2v) is 5.03. The lowest BCUT2D eigenvalue weighted by atomic mass is 10.3. The highest BCUT2D eigenvalue weighted by atomic mass is 16.5. The Kier molecular flexibility index (Phi) is 5.12. The minimum Gasteiger partial charge on any atom is -0.479 e. The molecule has 0 atom stereocenters. The minimum atomic E-state index is -0.563. The first-order chi connectivity index (χ1) is 12.2. The first-order valence-corrected chi connectivity index (χ1v) is 7.57. The molecule has 0 aliphatic heterocycles. The highest BCUT2D eigenvalue weighted by Crippen LogP contribution is 2.11. The van der Waals surface area contributed by atoms with Gasteiger partial charge < -0.3 is 14.5 Å². The number of benzene rings is 1. The van der Waals surface area contributed by atoms with Crippen LogP contribution >= 0.6 is 0 Å². The van der Waals surface area contributed by atoms with Gasteiger partial charge in [0, 0.05) is 6.20 Å². The maximum absolute atomic E-state index is 11.9. The zero-order valence-electron chi connectivity index (χ0n) is 13.3. The molecule has 3 aromatic rings. The third kappa shape index (κ3) is 4.26. The lowest BCUT2D eigenvalue weighted by molar-refractivity contribution is -0.121. The summed E-state index contributed by atoms with van der Waals surface area (Å²) in [4.78, 5) is 27.7. The number of hydrogen-bond acceptors (Lipinski definition) is 5. The van der Waals surface area contributed by atoms with Crippen LogP contribution in [0.1, 0.15) is 0 Å². The number of amides is 1. The zero-order valence-corrected chi connectivity index (χ0v) is 13.3. The average molecular weight is 337 g/mol. The van der Waals surface area contributed by atoms with Crippen molar-refractivity contribution in [2.75, 3.05) is 13.2 Å². The normalized spacial score (nSPS) is 10.1. The Morgan fingerprint density at radius 3 is 2.96 bits per heavy atom. The minimum absolute atomic E-state index is 0.121. The van der Waals surface area contributed by atoms with Crippen molar-refractivity contribution in [1.29, 1.82) is 0 Å². The number of para-hydroxylation sites is 2. The lowest BCUT2D eigenvalue weighted by Crippen LogP contribution is -2.31. The predicted molar refractivity (Wildman–Crippen MR) is 91.0 cm³/mol. The highest BCUT2D eigenvalue weighted by molar-refractivity contribution is 5.79. The van der Waals surface area contributed by atoms with Gasteiger partial charge in [-0.3, -0.25) is 14.3 Å². The van der Waals surface area contributed by atoms with E-state index in [4.69, 9.17) is 9.15 Å². The first-order valence-electron chi connectivity index (χ1n) is 7.57. The van der Waals surface area contributed by atoms with Crippen molar-refractivity contribution in [2.24, 2.45) is 0 Å². The molecular weight excluding hydrogens is 322 g/mol. The number of carbonyl (C=O) groups is 1. The van der Waals surface area contributed by atoms with Crippen LogP contribution in [0.25, 0.3) is 11.1 Å². The van der Waals surface area contributed by atoms with E-state index in [2.05, 4.69) is 22.1 Å². The summed E-state index contributed by atoms with van der Waals surface area (Å²) in [5.41, 5.74) is 1.03. The number of ether oxygens (including phenoxy) is 1. The van der Waals surface area contributed by atoms with E-state index < -0.39 is 5.76 Å². The van der Waals surface area contributed by atoms with Crippen molar-refractivity contribution in [3.05, 3.63) is 59.3 Å². The largest absolute Gasteiger partial charge is 0.479 e. The predicted octanol–water partition coefficient (Wildman–Crippen LogP) is 1.19. The van der Waals surface area contributed by atoms with E-state index in [1.807, 2.05) is 0 Å². The van der Waals surface area contributed by atoms with Crippen molar-refractivity contribution in [2.45, 2.75) is 6.54 Å². The number of oxazole rings is 1. The maximum Gasteiger partial charge on any atom is 0.420 e. The summed E-state index contributed by atoms with van der Waals surface area (Å²) in [6, 6.07) is 10.5. The SMILES string of the molecule is O=C(Cn1c(=O)oc2ccccc21)NCC#CCOc1cccnc1. The van der Waals surface area contributed by atoms with Crippen molar-refractivity contribution >= 4 is 17.0 Å². The van der Waals surface area contributed by atoms with Crippen LogP contribution in [-0.4, -0.2) is 28.6 Å². The molecule has 1 aromatic carbocycles. The van der Waals surface area contributed by atoms with E-state index >= 15 is 0 Å². The summed E-state index contributed by atoms with van der Waals surface area (Å²) in [5, 5.41) is 2.63. The smallest absolute Gasteiger partial charge is 0.420 e. The standard InChI is InChI=1S/C18H15N3O4/c22-17(13-21-15-7-1-2-8-16(15)25-18(21)23)20-10-3-4-11-24-14-6-5-9-19-12-14/h1-2,5-9,12H,10-11,13H2,(H,20,22). The van der Waals surface area contributed by atoms with Gasteiger partial charge >= 0.3 is 5.76 Å². The van der Waals surface area contributed by atoms with Gasteiger partial charge in [-0.15, -0.1) is 0 Å². The molecule has 0 radical (unpaired) electrons. The van der Waals surface area contributed by atoms with Crippen LogP contribution in [0, 0.1) is 11.8 Å². The molecule has 0 bridgehead atoms. The monoisotopic (exact) mass is 337 g/mol. The Morgan fingerprint density at radius 1 is 1.24 bits per heavy atom. The molecule has 126 valence electrons. The Morgan fingerprint density at radius 2 is 2.12 bits per heavy atom. The second-order valence-electron chi connectivity index (χ2n) is 5.03. The summed E-state index contributed by atoms with van der Waals surface area (Å²) < 4.78 is 11.7. The van der Waals surface area contributed by atoms with E-state index in [1.54, 1.807) is 48.8 Å². The van der Waals surface area contributed by atoms with Crippen LogP contribution in [0.3, 0.4) is 0 Å². The first kappa shape index (κ1) is 16.3. The Bertz CT molecular complexity index is 980. The highest BCUT2D eigenvalue weighted by Gasteiger charge is 2.11. The fourth-order valence-corrected chi connectivity index (χ4v) is 2.17. The molecule has 1 amide bonds. The Labute approximate surface area is 143 Å². The van der Waals surface area contributed by atoms with E-state index in [1.165, 1.54) is 4.57 Å². The summed E-state index contributed by atoms with van der Waals surface area (Å²) in [5.74, 6) is 5.31. The third-order valence-electron chi connectivity index (χ3n) is 3.32. The van der Waals surface area contributed by atoms with Gasteiger partial charge in [-0.25, -0.2) is 4.79 Å². The maximum atomic E-state index is 11.9. The lowest BCUT2D eigenvalue weighted by Gasteiger charge is -2.02. The van der Waals surface area contributed by atoms with Crippen molar-refractivity contribution in [3.8, 4) is 17.6 Å². The molecule has 7 nitrogen and oxygen atoms in total. The van der Waals surface area contributed by atoms with E-state index in [0.717, 1.165) is 0 Å². The van der Waals surface area contributed by atoms with Crippen LogP contribution in [0.15, 0.2) is 58.0 Å². The quantitative estimate of drug-likeness (QED) is 0.707. The molecule has 2 heterocycles. The van der Waals surface area contributed by atoms with Crippen LogP contribution in [0.2, 0.25) is 0 Å². The number of pyridine rings is 1.